The third-order valence-electron chi connectivity index (χ3n) is 5.94. The number of rotatable bonds is 4. The molecular weight excluding hydrogens is 459 g/mol. The molecule has 2 amide bonds. The first-order chi connectivity index (χ1) is 16.4. The Balaban J connectivity index is 1.55. The number of aromatic nitrogens is 2. The summed E-state index contributed by atoms with van der Waals surface area (Å²) in [5.41, 5.74) is 3.09. The summed E-state index contributed by atoms with van der Waals surface area (Å²) in [7, 11) is 0. The zero-order valence-corrected chi connectivity index (χ0v) is 18.7. The van der Waals surface area contributed by atoms with Crippen LogP contribution in [0.2, 0.25) is 5.02 Å². The number of hydrogen-bond acceptors (Lipinski definition) is 3. The average Bonchev–Trinajstić information content (AvgIpc) is 3.45. The fourth-order valence-electron chi connectivity index (χ4n) is 4.21. The Labute approximate surface area is 199 Å². The Morgan fingerprint density at radius 3 is 2.56 bits per heavy atom. The van der Waals surface area contributed by atoms with Crippen molar-refractivity contribution in [2.45, 2.75) is 12.5 Å². The van der Waals surface area contributed by atoms with Crippen molar-refractivity contribution in [3.8, 4) is 16.9 Å². The van der Waals surface area contributed by atoms with Crippen molar-refractivity contribution in [2.75, 3.05) is 13.1 Å². The number of hydrogen-bond donors (Lipinski definition) is 2. The van der Waals surface area contributed by atoms with E-state index in [9.17, 15) is 14.0 Å². The van der Waals surface area contributed by atoms with E-state index in [1.54, 1.807) is 35.0 Å². The van der Waals surface area contributed by atoms with E-state index >= 15 is 0 Å². The lowest BCUT2D eigenvalue weighted by atomic mass is 10.1. The smallest absolute Gasteiger partial charge is 0.407 e. The zero-order chi connectivity index (χ0) is 23.8. The molecule has 7 nitrogen and oxygen atoms in total. The zero-order valence-electron chi connectivity index (χ0n) is 17.9. The molecule has 0 saturated carbocycles. The minimum Gasteiger partial charge on any atom is -0.465 e. The highest BCUT2D eigenvalue weighted by Gasteiger charge is 2.27. The first kappa shape index (κ1) is 21.9. The van der Waals surface area contributed by atoms with Gasteiger partial charge in [0.25, 0.3) is 5.91 Å². The van der Waals surface area contributed by atoms with Gasteiger partial charge in [0, 0.05) is 35.6 Å². The lowest BCUT2D eigenvalue weighted by molar-refractivity contribution is 0.0936. The van der Waals surface area contributed by atoms with Crippen LogP contribution >= 0.6 is 11.6 Å². The van der Waals surface area contributed by atoms with Gasteiger partial charge in [-0.1, -0.05) is 29.8 Å². The summed E-state index contributed by atoms with van der Waals surface area (Å²) in [5.74, 6) is -0.663. The molecule has 1 saturated heterocycles. The van der Waals surface area contributed by atoms with Gasteiger partial charge in [-0.2, -0.15) is 5.10 Å². The number of fused-ring (bicyclic) bond motifs is 1. The maximum Gasteiger partial charge on any atom is 0.407 e. The number of carbonyl (C=O) groups excluding carboxylic acids is 1. The first-order valence-corrected chi connectivity index (χ1v) is 11.1. The molecule has 1 atom stereocenters. The Morgan fingerprint density at radius 2 is 1.85 bits per heavy atom. The van der Waals surface area contributed by atoms with Crippen molar-refractivity contribution >= 4 is 34.5 Å². The van der Waals surface area contributed by atoms with Crippen molar-refractivity contribution in [3.63, 3.8) is 0 Å². The van der Waals surface area contributed by atoms with E-state index < -0.39 is 6.09 Å². The molecule has 4 aromatic rings. The predicted octanol–water partition coefficient (Wildman–Crippen LogP) is 4.97. The molecule has 0 spiro atoms. The van der Waals surface area contributed by atoms with Gasteiger partial charge in [-0.15, -0.1) is 0 Å². The minimum atomic E-state index is -0.992. The Kier molecular flexibility index (Phi) is 5.67. The number of likely N-dealkylation sites (tertiary alicyclic amines) is 1. The van der Waals surface area contributed by atoms with Gasteiger partial charge in [0.2, 0.25) is 0 Å². The second-order valence-corrected chi connectivity index (χ2v) is 8.54. The third-order valence-corrected chi connectivity index (χ3v) is 6.27. The van der Waals surface area contributed by atoms with Crippen LogP contribution in [0, 0.1) is 5.82 Å². The van der Waals surface area contributed by atoms with E-state index in [0.29, 0.717) is 40.4 Å². The maximum atomic E-state index is 13.5. The van der Waals surface area contributed by atoms with Gasteiger partial charge in [-0.25, -0.2) is 13.9 Å². The summed E-state index contributed by atoms with van der Waals surface area (Å²) in [4.78, 5) is 25.4. The normalized spacial score (nSPS) is 15.6. The summed E-state index contributed by atoms with van der Waals surface area (Å²) in [5, 5.41) is 18.1. The van der Waals surface area contributed by atoms with E-state index in [-0.39, 0.29) is 24.3 Å². The lowest BCUT2D eigenvalue weighted by Gasteiger charge is -2.14. The molecule has 3 aromatic carbocycles. The SMILES string of the molecule is O=C(N[C@@H]1CCN(C(=O)O)C1)c1ccc2c(-c3ccccc3Cl)nn(-c3ccc(F)cc3)c2c1. The molecule has 0 unspecified atom stereocenters. The highest BCUT2D eigenvalue weighted by Crippen LogP contribution is 2.34. The average molecular weight is 479 g/mol. The molecular formula is C25H20ClFN4O3. The third kappa shape index (κ3) is 4.08. The highest BCUT2D eigenvalue weighted by atomic mass is 35.5. The standard InChI is InChI=1S/C25H20ClFN4O3/c26-21-4-2-1-3-19(21)23-20-10-5-15(24(32)28-17-11-12-30(14-17)25(33)34)13-22(20)31(29-23)18-8-6-16(27)7-9-18/h1-10,13,17H,11-12,14H2,(H,28,32)(H,33,34)/t17-/m1/s1. The van der Waals surface area contributed by atoms with E-state index in [1.807, 2.05) is 24.3 Å². The molecule has 1 fully saturated rings. The van der Waals surface area contributed by atoms with E-state index in [2.05, 4.69) is 5.32 Å². The summed E-state index contributed by atoms with van der Waals surface area (Å²) >= 11 is 6.44. The summed E-state index contributed by atoms with van der Waals surface area (Å²) in [6, 6.07) is 18.3. The number of carboxylic acid groups (broad SMARTS) is 1. The van der Waals surface area contributed by atoms with E-state index in [0.717, 1.165) is 10.9 Å². The molecule has 9 heteroatoms. The number of carbonyl (C=O) groups is 2. The van der Waals surface area contributed by atoms with E-state index in [4.69, 9.17) is 21.8 Å². The first-order valence-electron chi connectivity index (χ1n) is 10.7. The largest absolute Gasteiger partial charge is 0.465 e. The molecule has 0 aliphatic carbocycles. The summed E-state index contributed by atoms with van der Waals surface area (Å²) < 4.78 is 15.2. The van der Waals surface area contributed by atoms with Crippen LogP contribution in [0.5, 0.6) is 0 Å². The second-order valence-electron chi connectivity index (χ2n) is 8.14. The molecule has 1 aromatic heterocycles. The summed E-state index contributed by atoms with van der Waals surface area (Å²) in [6.45, 7) is 0.644. The Hall–Kier alpha value is -3.91. The van der Waals surface area contributed by atoms with Gasteiger partial charge in [0.05, 0.1) is 16.2 Å². The van der Waals surface area contributed by atoms with Crippen LogP contribution in [-0.2, 0) is 0 Å². The molecule has 5 rings (SSSR count). The topological polar surface area (TPSA) is 87.5 Å². The van der Waals surface area contributed by atoms with Gasteiger partial charge in [-0.05, 0) is 55.0 Å². The monoisotopic (exact) mass is 478 g/mol. The molecule has 34 heavy (non-hydrogen) atoms. The van der Waals surface area contributed by atoms with Crippen LogP contribution in [-0.4, -0.2) is 50.9 Å². The molecule has 2 N–H and O–H groups in total. The lowest BCUT2D eigenvalue weighted by Crippen LogP contribution is -2.38. The molecule has 2 heterocycles. The van der Waals surface area contributed by atoms with Crippen molar-refractivity contribution in [2.24, 2.45) is 0 Å². The number of nitrogens with one attached hydrogen (secondary N) is 1. The maximum absolute atomic E-state index is 13.5. The summed E-state index contributed by atoms with van der Waals surface area (Å²) in [6.07, 6.45) is -0.432. The number of amides is 2. The minimum absolute atomic E-state index is 0.250. The van der Waals surface area contributed by atoms with Crippen LogP contribution < -0.4 is 5.32 Å². The van der Waals surface area contributed by atoms with Crippen LogP contribution in [0.1, 0.15) is 16.8 Å². The predicted molar refractivity (Wildman–Crippen MR) is 127 cm³/mol. The Bertz CT molecular complexity index is 1400. The van der Waals surface area contributed by atoms with Crippen LogP contribution in [0.15, 0.2) is 66.7 Å². The van der Waals surface area contributed by atoms with Crippen LogP contribution in [0.25, 0.3) is 27.8 Å². The van der Waals surface area contributed by atoms with Crippen LogP contribution in [0.4, 0.5) is 9.18 Å². The molecule has 0 bridgehead atoms. The van der Waals surface area contributed by atoms with Crippen molar-refractivity contribution < 1.29 is 19.1 Å². The van der Waals surface area contributed by atoms with Gasteiger partial charge >= 0.3 is 6.09 Å². The molecule has 0 radical (unpaired) electrons. The van der Waals surface area contributed by atoms with Gasteiger partial charge < -0.3 is 15.3 Å². The highest BCUT2D eigenvalue weighted by molar-refractivity contribution is 6.33. The number of nitrogens with zero attached hydrogens (tertiary/aromatic N) is 3. The van der Waals surface area contributed by atoms with Crippen LogP contribution in [0.3, 0.4) is 0 Å². The van der Waals surface area contributed by atoms with Gasteiger partial charge in [-0.3, -0.25) is 4.79 Å². The second kappa shape index (κ2) is 8.79. The molecule has 1 aliphatic heterocycles. The van der Waals surface area contributed by atoms with Crippen molar-refractivity contribution in [1.29, 1.82) is 0 Å². The Morgan fingerprint density at radius 1 is 1.09 bits per heavy atom. The number of halogens is 2. The fourth-order valence-corrected chi connectivity index (χ4v) is 4.43. The van der Waals surface area contributed by atoms with Gasteiger partial charge in [0.15, 0.2) is 0 Å². The molecule has 1 aliphatic rings. The van der Waals surface area contributed by atoms with E-state index in [1.165, 1.54) is 17.0 Å². The quantitative estimate of drug-likeness (QED) is 0.433. The van der Waals surface area contributed by atoms with Gasteiger partial charge in [0.1, 0.15) is 11.5 Å². The number of benzene rings is 3. The van der Waals surface area contributed by atoms with Crippen molar-refractivity contribution in [1.82, 2.24) is 20.0 Å². The van der Waals surface area contributed by atoms with Crippen molar-refractivity contribution in [3.05, 3.63) is 83.1 Å². The molecule has 172 valence electrons. The fraction of sp³-hybridized carbons (Fsp3) is 0.160.